The highest BCUT2D eigenvalue weighted by molar-refractivity contribution is 6.20. The molecule has 2 saturated carbocycles. The van der Waals surface area contributed by atoms with Gasteiger partial charge in [0.2, 0.25) is 5.91 Å². The number of ether oxygens (including phenoxy) is 1. The molecule has 0 spiro atoms. The Balaban J connectivity index is 1.60. The Morgan fingerprint density at radius 2 is 1.88 bits per heavy atom. The maximum Gasteiger partial charge on any atom is 0.229 e. The minimum atomic E-state index is -1.59. The summed E-state index contributed by atoms with van der Waals surface area (Å²) in [7, 11) is 0. The Morgan fingerprint density at radius 3 is 2.56 bits per heavy atom. The van der Waals surface area contributed by atoms with Gasteiger partial charge in [-0.15, -0.1) is 11.6 Å². The van der Waals surface area contributed by atoms with Gasteiger partial charge < -0.3 is 10.1 Å². The summed E-state index contributed by atoms with van der Waals surface area (Å²) >= 11 is 6.24. The topological polar surface area (TPSA) is 86.8 Å². The minimum Gasteiger partial charge on any atom is -0.380 e. The predicted molar refractivity (Wildman–Crippen MR) is 122 cm³/mol. The van der Waals surface area contributed by atoms with Gasteiger partial charge in [0, 0.05) is 36.4 Å². The molecule has 32 heavy (non-hydrogen) atoms. The normalized spacial score (nSPS) is 37.2. The van der Waals surface area contributed by atoms with E-state index in [-0.39, 0.29) is 36.3 Å². The van der Waals surface area contributed by atoms with Crippen LogP contribution >= 0.6 is 11.6 Å². The molecular formula is C22H38ClF2N5O2. The second kappa shape index (κ2) is 12.4. The number of halogens is 3. The molecule has 4 N–H and O–H groups in total. The number of carbonyl (C=O) groups is 1. The molecule has 7 nitrogen and oxygen atoms in total. The Morgan fingerprint density at radius 1 is 1.12 bits per heavy atom. The summed E-state index contributed by atoms with van der Waals surface area (Å²) < 4.78 is 32.7. The molecule has 0 radical (unpaired) electrons. The third-order valence-electron chi connectivity index (χ3n) is 6.73. The van der Waals surface area contributed by atoms with Gasteiger partial charge in [0.15, 0.2) is 5.96 Å². The van der Waals surface area contributed by atoms with Crippen LogP contribution in [-0.4, -0.2) is 61.1 Å². The van der Waals surface area contributed by atoms with Gasteiger partial charge >= 0.3 is 0 Å². The molecule has 0 aromatic heterocycles. The molecule has 5 unspecified atom stereocenters. The van der Waals surface area contributed by atoms with Crippen LogP contribution in [0.25, 0.3) is 0 Å². The molecule has 6 atom stereocenters. The lowest BCUT2D eigenvalue weighted by molar-refractivity contribution is -0.125. The van der Waals surface area contributed by atoms with Crippen molar-refractivity contribution >= 4 is 23.5 Å². The summed E-state index contributed by atoms with van der Waals surface area (Å²) in [6.45, 7) is 4.92. The number of hydrogen-bond donors (Lipinski definition) is 4. The molecular weight excluding hydrogens is 440 g/mol. The average Bonchev–Trinajstić information content (AvgIpc) is 3.23. The fourth-order valence-corrected chi connectivity index (χ4v) is 5.06. The molecule has 0 aromatic carbocycles. The fourth-order valence-electron chi connectivity index (χ4n) is 4.80. The smallest absolute Gasteiger partial charge is 0.229 e. The number of guanidine groups is 1. The van der Waals surface area contributed by atoms with Crippen molar-refractivity contribution in [3.63, 3.8) is 0 Å². The summed E-state index contributed by atoms with van der Waals surface area (Å²) in [6.07, 6.45) is 2.11. The number of amides is 1. The first-order valence-corrected chi connectivity index (χ1v) is 12.5. The van der Waals surface area contributed by atoms with Crippen molar-refractivity contribution in [3.05, 3.63) is 0 Å². The fraction of sp³-hybridized carbons (Fsp3) is 0.909. The van der Waals surface area contributed by atoms with E-state index in [1.54, 1.807) is 0 Å². The summed E-state index contributed by atoms with van der Waals surface area (Å²) in [5, 5.41) is 6.32. The van der Waals surface area contributed by atoms with Crippen molar-refractivity contribution in [1.82, 2.24) is 21.5 Å². The zero-order valence-electron chi connectivity index (χ0n) is 19.1. The van der Waals surface area contributed by atoms with E-state index >= 15 is 0 Å². The van der Waals surface area contributed by atoms with Crippen LogP contribution < -0.4 is 21.5 Å². The van der Waals surface area contributed by atoms with Crippen LogP contribution in [0.15, 0.2) is 4.99 Å². The van der Waals surface area contributed by atoms with E-state index in [9.17, 15) is 13.6 Å². The third-order valence-corrected chi connectivity index (χ3v) is 7.16. The van der Waals surface area contributed by atoms with E-state index in [4.69, 9.17) is 21.3 Å². The van der Waals surface area contributed by atoms with Crippen molar-refractivity contribution in [1.29, 1.82) is 0 Å². The maximum atomic E-state index is 13.8. The number of rotatable bonds is 7. The quantitative estimate of drug-likeness (QED) is 0.257. The van der Waals surface area contributed by atoms with Crippen LogP contribution in [0, 0.1) is 11.8 Å². The number of hydrazine groups is 1. The average molecular weight is 478 g/mol. The van der Waals surface area contributed by atoms with E-state index in [2.05, 4.69) is 21.5 Å². The van der Waals surface area contributed by atoms with Gasteiger partial charge in [0.25, 0.3) is 0 Å². The van der Waals surface area contributed by atoms with Crippen LogP contribution in [0.3, 0.4) is 0 Å². The predicted octanol–water partition coefficient (Wildman–Crippen LogP) is 2.94. The molecule has 0 aromatic rings. The van der Waals surface area contributed by atoms with Crippen molar-refractivity contribution in [3.8, 4) is 0 Å². The van der Waals surface area contributed by atoms with E-state index in [0.29, 0.717) is 37.6 Å². The molecule has 2 aliphatic carbocycles. The van der Waals surface area contributed by atoms with Crippen molar-refractivity contribution in [2.45, 2.75) is 101 Å². The lowest BCUT2D eigenvalue weighted by Crippen LogP contribution is -2.50. The maximum absolute atomic E-state index is 13.8. The van der Waals surface area contributed by atoms with Gasteiger partial charge in [0.05, 0.1) is 6.61 Å². The third kappa shape index (κ3) is 7.50. The van der Waals surface area contributed by atoms with Gasteiger partial charge in [-0.3, -0.25) is 15.5 Å². The number of alkyl halides is 3. The van der Waals surface area contributed by atoms with Gasteiger partial charge in [-0.05, 0) is 64.7 Å². The van der Waals surface area contributed by atoms with Gasteiger partial charge in [0.1, 0.15) is 18.5 Å². The first kappa shape index (κ1) is 25.6. The minimum absolute atomic E-state index is 0.0697. The lowest BCUT2D eigenvalue weighted by Gasteiger charge is -2.29. The second-order valence-electron chi connectivity index (χ2n) is 9.37. The molecule has 1 amide bonds. The first-order chi connectivity index (χ1) is 15.4. The second-order valence-corrected chi connectivity index (χ2v) is 9.99. The Bertz CT molecular complexity index is 635. The zero-order valence-corrected chi connectivity index (χ0v) is 19.8. The standard InChI is InChI=1S/C22H38ClF2N5O2/c1-3-32-12-13(2)26-22(28-21(31)15-6-9-17(24)18(25)10-15)27-20-11-19(29-30-20)14-4-7-16(23)8-5-14/h13-20,29-30H,3-12H2,1-2H3,(H2,26,27,28,31)/t13-,14?,15?,16?,17?,18?,19?,20?/m0/s1. The Kier molecular flexibility index (Phi) is 9.95. The van der Waals surface area contributed by atoms with Crippen LogP contribution in [0.4, 0.5) is 8.78 Å². The zero-order chi connectivity index (χ0) is 23.1. The SMILES string of the molecule is CCOC[C@H](C)N/C(=N/C1CC(C2CCC(Cl)CC2)NN1)NC(=O)C1CCC(F)C(F)C1. The van der Waals surface area contributed by atoms with E-state index in [1.165, 1.54) is 0 Å². The number of nitrogens with zero attached hydrogens (tertiary/aromatic N) is 1. The summed E-state index contributed by atoms with van der Waals surface area (Å²) in [5.74, 6) is 0.0130. The van der Waals surface area contributed by atoms with Crippen LogP contribution in [0.2, 0.25) is 0 Å². The monoisotopic (exact) mass is 477 g/mol. The molecule has 1 aliphatic heterocycles. The molecule has 3 aliphatic rings. The van der Waals surface area contributed by atoms with Crippen LogP contribution in [-0.2, 0) is 9.53 Å². The summed E-state index contributed by atoms with van der Waals surface area (Å²) in [4.78, 5) is 17.5. The molecule has 3 fully saturated rings. The van der Waals surface area contributed by atoms with Gasteiger partial charge in [-0.2, -0.15) is 0 Å². The molecule has 0 bridgehead atoms. The number of hydrogen-bond acceptors (Lipinski definition) is 5. The van der Waals surface area contributed by atoms with Gasteiger partial charge in [-0.25, -0.2) is 19.2 Å². The molecule has 3 rings (SSSR count). The van der Waals surface area contributed by atoms with Crippen LogP contribution in [0.1, 0.15) is 65.2 Å². The van der Waals surface area contributed by atoms with Gasteiger partial charge in [-0.1, -0.05) is 0 Å². The molecule has 10 heteroatoms. The number of nitrogens with one attached hydrogen (secondary N) is 4. The van der Waals surface area contributed by atoms with Crippen molar-refractivity contribution < 1.29 is 18.3 Å². The molecule has 184 valence electrons. The molecule has 1 heterocycles. The van der Waals surface area contributed by atoms with E-state index in [1.807, 2.05) is 13.8 Å². The lowest BCUT2D eigenvalue weighted by atomic mass is 9.83. The summed E-state index contributed by atoms with van der Waals surface area (Å²) in [5.41, 5.74) is 6.58. The van der Waals surface area contributed by atoms with E-state index in [0.717, 1.165) is 32.1 Å². The highest BCUT2D eigenvalue weighted by Crippen LogP contribution is 2.32. The van der Waals surface area contributed by atoms with Crippen molar-refractivity contribution in [2.24, 2.45) is 16.8 Å². The number of carbonyl (C=O) groups excluding carboxylic acids is 1. The molecule has 1 saturated heterocycles. The highest BCUT2D eigenvalue weighted by atomic mass is 35.5. The van der Waals surface area contributed by atoms with Crippen molar-refractivity contribution in [2.75, 3.05) is 13.2 Å². The number of aliphatic imine (C=N–C) groups is 1. The first-order valence-electron chi connectivity index (χ1n) is 12.0. The van der Waals surface area contributed by atoms with Crippen LogP contribution in [0.5, 0.6) is 0 Å². The Hall–Kier alpha value is -1.03. The Labute approximate surface area is 194 Å². The summed E-state index contributed by atoms with van der Waals surface area (Å²) in [6, 6.07) is 0.228. The largest absolute Gasteiger partial charge is 0.380 e. The van der Waals surface area contributed by atoms with E-state index < -0.39 is 18.3 Å². The highest BCUT2D eigenvalue weighted by Gasteiger charge is 2.35.